The van der Waals surface area contributed by atoms with Crippen molar-refractivity contribution in [1.82, 2.24) is 9.97 Å². The summed E-state index contributed by atoms with van der Waals surface area (Å²) in [6.45, 7) is 10.0. The monoisotopic (exact) mass is 540 g/mol. The lowest BCUT2D eigenvalue weighted by molar-refractivity contribution is -0.137. The molecule has 0 unspecified atom stereocenters. The average Bonchev–Trinajstić information content (AvgIpc) is 2.95. The van der Waals surface area contributed by atoms with Crippen LogP contribution in [0.15, 0.2) is 83.8 Å². The Morgan fingerprint density at radius 2 is 1.39 bits per heavy atom. The van der Waals surface area contributed by atoms with Gasteiger partial charge in [-0.2, -0.15) is 18.4 Å². The third-order valence-electron chi connectivity index (χ3n) is 4.94. The van der Waals surface area contributed by atoms with E-state index in [1.807, 2.05) is 44.3 Å². The van der Waals surface area contributed by atoms with Gasteiger partial charge in [-0.1, -0.05) is 76.9 Å². The molecule has 0 saturated heterocycles. The maximum Gasteiger partial charge on any atom is 0.416 e. The number of halogens is 3. The summed E-state index contributed by atoms with van der Waals surface area (Å²) >= 11 is 1.77. The molecule has 8 heteroatoms. The molecule has 0 saturated carbocycles. The average molecular weight is 541 g/mol. The molecule has 0 aliphatic heterocycles. The molecule has 0 atom stereocenters. The summed E-state index contributed by atoms with van der Waals surface area (Å²) in [5.41, 5.74) is 0.922. The molecule has 0 fully saturated rings. The first kappa shape index (κ1) is 32.5. The number of thioether (sulfide) groups is 1. The Bertz CT molecular complexity index is 1270. The summed E-state index contributed by atoms with van der Waals surface area (Å²) in [5, 5.41) is 9.45. The van der Waals surface area contributed by atoms with Gasteiger partial charge in [0, 0.05) is 4.90 Å². The van der Waals surface area contributed by atoms with E-state index in [2.05, 4.69) is 42.2 Å². The number of aromatic nitrogens is 2. The van der Waals surface area contributed by atoms with Crippen molar-refractivity contribution < 1.29 is 13.2 Å². The molecule has 1 heterocycles. The Morgan fingerprint density at radius 1 is 0.842 bits per heavy atom. The largest absolute Gasteiger partial charge is 0.416 e. The van der Waals surface area contributed by atoms with E-state index >= 15 is 0 Å². The highest BCUT2D eigenvalue weighted by molar-refractivity contribution is 7.98. The minimum absolute atomic E-state index is 0.0833. The number of anilines is 2. The second-order valence-electron chi connectivity index (χ2n) is 7.62. The normalized spacial score (nSPS) is 10.0. The standard InChI is InChI=1S/C17H11F3N4.C7H8S.C4H10.C2H6/c1-11-16(23-15-8-3-2-7-14(15)22-11)24(10-21)13-6-4-5-12(9-13)17(18,19)20;1-8-7-5-3-2-4-6-7;1-3-4-2;1-2/h2-9H,1H3;2-6H,1H3;3-4H2,1-2H3;1-2H3. The lowest BCUT2D eigenvalue weighted by atomic mass is 10.2. The first-order valence-electron chi connectivity index (χ1n) is 12.4. The molecule has 202 valence electrons. The number of benzene rings is 3. The van der Waals surface area contributed by atoms with Crippen molar-refractivity contribution >= 4 is 34.3 Å². The van der Waals surface area contributed by atoms with Gasteiger partial charge in [0.2, 0.25) is 0 Å². The van der Waals surface area contributed by atoms with Crippen LogP contribution < -0.4 is 4.90 Å². The van der Waals surface area contributed by atoms with E-state index in [0.717, 1.165) is 17.0 Å². The second-order valence-corrected chi connectivity index (χ2v) is 8.50. The van der Waals surface area contributed by atoms with Crippen LogP contribution in [-0.4, -0.2) is 16.2 Å². The van der Waals surface area contributed by atoms with E-state index in [4.69, 9.17) is 0 Å². The van der Waals surface area contributed by atoms with Crippen molar-refractivity contribution in [1.29, 1.82) is 5.26 Å². The topological polar surface area (TPSA) is 52.8 Å². The van der Waals surface area contributed by atoms with Crippen LogP contribution in [0, 0.1) is 18.4 Å². The number of hydrogen-bond acceptors (Lipinski definition) is 5. The molecule has 0 amide bonds. The van der Waals surface area contributed by atoms with Crippen LogP contribution in [-0.2, 0) is 6.18 Å². The number of unbranched alkanes of at least 4 members (excludes halogenated alkanes) is 1. The number of hydrogen-bond donors (Lipinski definition) is 0. The summed E-state index contributed by atoms with van der Waals surface area (Å²) in [6, 6.07) is 22.0. The van der Waals surface area contributed by atoms with E-state index in [1.54, 1.807) is 36.9 Å². The van der Waals surface area contributed by atoms with Gasteiger partial charge >= 0.3 is 6.18 Å². The van der Waals surface area contributed by atoms with Crippen LogP contribution >= 0.6 is 11.8 Å². The Labute approximate surface area is 228 Å². The molecule has 0 bridgehead atoms. The fourth-order valence-corrected chi connectivity index (χ4v) is 3.33. The SMILES string of the molecule is CC.CCCC.CSc1ccccc1.Cc1nc2ccccc2nc1N(C#N)c1cccc(C(F)(F)F)c1. The fourth-order valence-electron chi connectivity index (χ4n) is 2.90. The van der Waals surface area contributed by atoms with Crippen molar-refractivity contribution in [2.24, 2.45) is 0 Å². The lowest BCUT2D eigenvalue weighted by Gasteiger charge is -2.18. The molecular weight excluding hydrogens is 505 g/mol. The van der Waals surface area contributed by atoms with Crippen molar-refractivity contribution in [3.05, 3.63) is 90.1 Å². The minimum Gasteiger partial charge on any atom is -0.248 e. The van der Waals surface area contributed by atoms with E-state index in [9.17, 15) is 18.4 Å². The van der Waals surface area contributed by atoms with Gasteiger partial charge in [0.1, 0.15) is 0 Å². The van der Waals surface area contributed by atoms with Crippen molar-refractivity contribution in [2.75, 3.05) is 11.2 Å². The molecular formula is C30H35F3N4S. The third kappa shape index (κ3) is 10.1. The van der Waals surface area contributed by atoms with Crippen LogP contribution in [0.4, 0.5) is 24.7 Å². The Hall–Kier alpha value is -3.57. The van der Waals surface area contributed by atoms with E-state index in [-0.39, 0.29) is 11.5 Å². The fraction of sp³-hybridized carbons (Fsp3) is 0.300. The first-order valence-corrected chi connectivity index (χ1v) is 13.7. The van der Waals surface area contributed by atoms with Crippen molar-refractivity contribution in [3.8, 4) is 6.19 Å². The smallest absolute Gasteiger partial charge is 0.248 e. The summed E-state index contributed by atoms with van der Waals surface area (Å²) in [4.78, 5) is 11.1. The van der Waals surface area contributed by atoms with E-state index in [1.165, 1.54) is 29.9 Å². The van der Waals surface area contributed by atoms with Crippen molar-refractivity contribution in [2.45, 2.75) is 58.5 Å². The predicted molar refractivity (Wildman–Crippen MR) is 154 cm³/mol. The molecule has 3 aromatic carbocycles. The molecule has 1 aromatic heterocycles. The predicted octanol–water partition coefficient (Wildman–Crippen LogP) is 9.82. The summed E-state index contributed by atoms with van der Waals surface area (Å²) in [5.74, 6) is 0.204. The number of fused-ring (bicyclic) bond motifs is 1. The highest BCUT2D eigenvalue weighted by Crippen LogP contribution is 2.34. The molecule has 0 N–H and O–H groups in total. The lowest BCUT2D eigenvalue weighted by Crippen LogP contribution is -2.14. The highest BCUT2D eigenvalue weighted by Gasteiger charge is 2.31. The zero-order valence-corrected chi connectivity index (χ0v) is 23.6. The van der Waals surface area contributed by atoms with Crippen LogP contribution in [0.3, 0.4) is 0 Å². The third-order valence-corrected chi connectivity index (χ3v) is 5.69. The molecule has 4 nitrogen and oxygen atoms in total. The number of nitrogens with zero attached hydrogens (tertiary/aromatic N) is 4. The molecule has 38 heavy (non-hydrogen) atoms. The summed E-state index contributed by atoms with van der Waals surface area (Å²) < 4.78 is 38.7. The van der Waals surface area contributed by atoms with Gasteiger partial charge in [-0.25, -0.2) is 14.9 Å². The summed E-state index contributed by atoms with van der Waals surface area (Å²) in [7, 11) is 0. The molecule has 4 aromatic rings. The number of nitriles is 1. The van der Waals surface area contributed by atoms with Crippen LogP contribution in [0.1, 0.15) is 51.8 Å². The van der Waals surface area contributed by atoms with Crippen LogP contribution in [0.25, 0.3) is 11.0 Å². The number of aryl methyl sites for hydroxylation is 1. The zero-order valence-electron chi connectivity index (χ0n) is 22.8. The van der Waals surface area contributed by atoms with Crippen LogP contribution in [0.2, 0.25) is 0 Å². The van der Waals surface area contributed by atoms with E-state index < -0.39 is 11.7 Å². The summed E-state index contributed by atoms with van der Waals surface area (Å²) in [6.07, 6.45) is 2.12. The Morgan fingerprint density at radius 3 is 1.87 bits per heavy atom. The first-order chi connectivity index (χ1) is 18.2. The maximum absolute atomic E-state index is 12.9. The molecule has 0 spiro atoms. The van der Waals surface area contributed by atoms with Crippen LogP contribution in [0.5, 0.6) is 0 Å². The van der Waals surface area contributed by atoms with Gasteiger partial charge in [-0.15, -0.1) is 11.8 Å². The minimum atomic E-state index is -4.48. The zero-order chi connectivity index (χ0) is 28.6. The quantitative estimate of drug-likeness (QED) is 0.146. The second kappa shape index (κ2) is 17.0. The maximum atomic E-state index is 12.9. The van der Waals surface area contributed by atoms with E-state index in [0.29, 0.717) is 16.7 Å². The van der Waals surface area contributed by atoms with Gasteiger partial charge in [-0.05, 0) is 55.6 Å². The van der Waals surface area contributed by atoms with Gasteiger partial charge in [0.25, 0.3) is 0 Å². The van der Waals surface area contributed by atoms with Gasteiger partial charge in [-0.3, -0.25) is 0 Å². The Balaban J connectivity index is 0.000000426. The number of para-hydroxylation sites is 2. The Kier molecular flexibility index (Phi) is 14.6. The molecule has 4 rings (SSSR count). The van der Waals surface area contributed by atoms with Gasteiger partial charge in [0.15, 0.2) is 12.0 Å². The van der Waals surface area contributed by atoms with Gasteiger partial charge in [0.05, 0.1) is 28.0 Å². The van der Waals surface area contributed by atoms with Crippen molar-refractivity contribution in [3.63, 3.8) is 0 Å². The molecule has 0 aliphatic carbocycles. The van der Waals surface area contributed by atoms with Gasteiger partial charge < -0.3 is 0 Å². The molecule has 0 radical (unpaired) electrons. The number of rotatable bonds is 4. The highest BCUT2D eigenvalue weighted by atomic mass is 32.2. The molecule has 0 aliphatic rings. The number of alkyl halides is 3.